The summed E-state index contributed by atoms with van der Waals surface area (Å²) in [6, 6.07) is 16.1. The molecule has 0 radical (unpaired) electrons. The first kappa shape index (κ1) is 31.3. The van der Waals surface area contributed by atoms with Crippen molar-refractivity contribution in [3.63, 3.8) is 0 Å². The molecule has 3 aromatic rings. The number of benzene rings is 3. The third-order valence-electron chi connectivity index (χ3n) is 6.85. The van der Waals surface area contributed by atoms with E-state index in [2.05, 4.69) is 17.1 Å². The van der Waals surface area contributed by atoms with E-state index < -0.39 is 29.6 Å². The van der Waals surface area contributed by atoms with Crippen LogP contribution in [-0.2, 0) is 17.8 Å². The van der Waals surface area contributed by atoms with Gasteiger partial charge in [-0.25, -0.2) is 13.6 Å². The molecule has 3 rings (SSSR count). The zero-order valence-electron chi connectivity index (χ0n) is 23.4. The maximum absolute atomic E-state index is 13.7. The highest BCUT2D eigenvalue weighted by molar-refractivity contribution is 7.98. The number of carbonyl (C=O) groups is 2. The van der Waals surface area contributed by atoms with Gasteiger partial charge in [0.15, 0.2) is 0 Å². The molecular weight excluding hydrogens is 530 g/mol. The Balaban J connectivity index is 1.90. The lowest BCUT2D eigenvalue weighted by atomic mass is 9.93. The van der Waals surface area contributed by atoms with E-state index in [0.29, 0.717) is 42.8 Å². The Hall–Kier alpha value is -3.23. The lowest BCUT2D eigenvalue weighted by Crippen LogP contribution is -2.41. The summed E-state index contributed by atoms with van der Waals surface area (Å²) < 4.78 is 27.4. The van der Waals surface area contributed by atoms with Gasteiger partial charge in [-0.2, -0.15) is 11.8 Å². The van der Waals surface area contributed by atoms with Gasteiger partial charge in [0.25, 0.3) is 5.91 Å². The second kappa shape index (κ2) is 15.5. The van der Waals surface area contributed by atoms with Crippen LogP contribution in [0.3, 0.4) is 0 Å². The molecule has 0 aliphatic carbocycles. The van der Waals surface area contributed by atoms with Crippen LogP contribution >= 0.6 is 11.8 Å². The van der Waals surface area contributed by atoms with E-state index in [0.717, 1.165) is 47.7 Å². The van der Waals surface area contributed by atoms with Crippen molar-refractivity contribution in [2.45, 2.75) is 52.1 Å². The molecule has 0 saturated heterocycles. The van der Waals surface area contributed by atoms with E-state index in [-0.39, 0.29) is 0 Å². The summed E-state index contributed by atoms with van der Waals surface area (Å²) in [5.74, 6) is -2.01. The second-order valence-corrected chi connectivity index (χ2v) is 11.0. The average molecular weight is 569 g/mol. The lowest BCUT2D eigenvalue weighted by molar-refractivity contribution is -0.139. The average Bonchev–Trinajstić information content (AvgIpc) is 2.92. The summed E-state index contributed by atoms with van der Waals surface area (Å²) in [6.45, 7) is 6.15. The van der Waals surface area contributed by atoms with Crippen molar-refractivity contribution >= 4 is 23.6 Å². The van der Waals surface area contributed by atoms with Crippen LogP contribution in [-0.4, -0.2) is 53.0 Å². The predicted octanol–water partition coefficient (Wildman–Crippen LogP) is 6.72. The molecule has 0 unspecified atom stereocenters. The number of aryl methyl sites for hydroxylation is 1. The number of unbranched alkanes of at least 4 members (excludes halogenated alkanes) is 1. The molecule has 1 atom stereocenters. The topological polar surface area (TPSA) is 69.6 Å². The smallest absolute Gasteiger partial charge is 0.326 e. The van der Waals surface area contributed by atoms with Crippen LogP contribution in [0.2, 0.25) is 0 Å². The van der Waals surface area contributed by atoms with Gasteiger partial charge in [-0.3, -0.25) is 9.69 Å². The van der Waals surface area contributed by atoms with Gasteiger partial charge in [-0.05, 0) is 96.8 Å². The maximum atomic E-state index is 13.7. The van der Waals surface area contributed by atoms with Crippen LogP contribution in [0, 0.1) is 18.6 Å². The van der Waals surface area contributed by atoms with E-state index in [1.54, 1.807) is 6.07 Å². The monoisotopic (exact) mass is 568 g/mol. The summed E-state index contributed by atoms with van der Waals surface area (Å²) in [5.41, 5.74) is 4.67. The quantitative estimate of drug-likeness (QED) is 0.213. The van der Waals surface area contributed by atoms with Crippen molar-refractivity contribution in [3.8, 4) is 11.1 Å². The molecule has 0 heterocycles. The van der Waals surface area contributed by atoms with Crippen LogP contribution < -0.4 is 5.32 Å². The molecule has 3 aromatic carbocycles. The zero-order valence-corrected chi connectivity index (χ0v) is 24.2. The zero-order chi connectivity index (χ0) is 29.1. The van der Waals surface area contributed by atoms with Crippen LogP contribution in [0.5, 0.6) is 0 Å². The molecule has 0 saturated carbocycles. The summed E-state index contributed by atoms with van der Waals surface area (Å²) in [6.07, 6.45) is 4.74. The van der Waals surface area contributed by atoms with Gasteiger partial charge in [-0.15, -0.1) is 0 Å². The van der Waals surface area contributed by atoms with Crippen molar-refractivity contribution in [1.29, 1.82) is 0 Å². The molecule has 0 fully saturated rings. The third kappa shape index (κ3) is 9.17. The molecule has 0 bridgehead atoms. The molecule has 40 heavy (non-hydrogen) atoms. The van der Waals surface area contributed by atoms with Crippen molar-refractivity contribution in [2.24, 2.45) is 0 Å². The van der Waals surface area contributed by atoms with Gasteiger partial charge in [0.1, 0.15) is 17.7 Å². The van der Waals surface area contributed by atoms with E-state index in [9.17, 15) is 23.5 Å². The van der Waals surface area contributed by atoms with Crippen LogP contribution in [0.1, 0.15) is 53.2 Å². The minimum Gasteiger partial charge on any atom is -0.480 e. The Labute approximate surface area is 240 Å². The normalized spacial score (nSPS) is 11.9. The molecule has 8 heteroatoms. The van der Waals surface area contributed by atoms with Crippen molar-refractivity contribution < 1.29 is 23.5 Å². The molecule has 214 valence electrons. The number of amides is 1. The first-order valence-corrected chi connectivity index (χ1v) is 15.0. The minimum atomic E-state index is -1.05. The van der Waals surface area contributed by atoms with E-state index in [1.807, 2.05) is 49.6 Å². The Morgan fingerprint density at radius 1 is 0.975 bits per heavy atom. The van der Waals surface area contributed by atoms with Crippen LogP contribution in [0.4, 0.5) is 8.78 Å². The first-order chi connectivity index (χ1) is 19.2. The number of hydrogen-bond acceptors (Lipinski definition) is 4. The van der Waals surface area contributed by atoms with Gasteiger partial charge < -0.3 is 10.4 Å². The van der Waals surface area contributed by atoms with Crippen LogP contribution in [0.25, 0.3) is 11.1 Å². The van der Waals surface area contributed by atoms with Gasteiger partial charge >= 0.3 is 5.97 Å². The van der Waals surface area contributed by atoms with Crippen LogP contribution in [0.15, 0.2) is 60.7 Å². The fraction of sp³-hybridized carbons (Fsp3) is 0.375. The fourth-order valence-electron chi connectivity index (χ4n) is 4.67. The van der Waals surface area contributed by atoms with Gasteiger partial charge in [0.2, 0.25) is 0 Å². The number of carboxylic acid groups (broad SMARTS) is 1. The van der Waals surface area contributed by atoms with Crippen molar-refractivity contribution in [3.05, 3.63) is 94.6 Å². The number of nitrogens with zero attached hydrogens (tertiary/aromatic N) is 1. The predicted molar refractivity (Wildman–Crippen MR) is 159 cm³/mol. The summed E-state index contributed by atoms with van der Waals surface area (Å²) in [4.78, 5) is 27.4. The molecule has 0 spiro atoms. The third-order valence-corrected chi connectivity index (χ3v) is 7.49. The number of carboxylic acids is 1. The number of carbonyl (C=O) groups excluding carboxylic acids is 1. The highest BCUT2D eigenvalue weighted by Crippen LogP contribution is 2.29. The molecule has 0 aliphatic heterocycles. The van der Waals surface area contributed by atoms with Gasteiger partial charge in [0, 0.05) is 24.7 Å². The van der Waals surface area contributed by atoms with Crippen molar-refractivity contribution in [1.82, 2.24) is 10.2 Å². The first-order valence-electron chi connectivity index (χ1n) is 13.6. The number of aliphatic carboxylic acids is 1. The number of hydrogen-bond donors (Lipinski definition) is 2. The number of thioether (sulfide) groups is 1. The highest BCUT2D eigenvalue weighted by atomic mass is 32.2. The summed E-state index contributed by atoms with van der Waals surface area (Å²) in [5, 5.41) is 12.3. The Kier molecular flexibility index (Phi) is 12.2. The largest absolute Gasteiger partial charge is 0.480 e. The maximum Gasteiger partial charge on any atom is 0.326 e. The standard InChI is InChI=1S/C32H38F2N2O3S/c1-4-5-14-36(15-12-23-17-25(33)20-26(34)18-23)21-24-10-11-28(29(19-24)27-9-7-6-8-22(27)2)31(37)35-30(32(38)39)13-16-40-3/h6-11,17-20,30H,4-5,12-16,21H2,1-3H3,(H,35,37)(H,38,39)/t30-/m0/s1. The number of rotatable bonds is 15. The molecule has 2 N–H and O–H groups in total. The Bertz CT molecular complexity index is 1280. The molecule has 0 aliphatic rings. The van der Waals surface area contributed by atoms with Gasteiger partial charge in [-0.1, -0.05) is 43.7 Å². The minimum absolute atomic E-state index is 0.335. The van der Waals surface area contributed by atoms with E-state index >= 15 is 0 Å². The number of nitrogens with one attached hydrogen (secondary N) is 1. The molecule has 0 aromatic heterocycles. The summed E-state index contributed by atoms with van der Waals surface area (Å²) >= 11 is 1.53. The Morgan fingerprint density at radius 3 is 2.35 bits per heavy atom. The molecular formula is C32H38F2N2O3S. The Morgan fingerprint density at radius 2 is 1.70 bits per heavy atom. The van der Waals surface area contributed by atoms with E-state index in [1.165, 1.54) is 23.9 Å². The molecule has 5 nitrogen and oxygen atoms in total. The SMILES string of the molecule is CCCCN(CCc1cc(F)cc(F)c1)Cc1ccc(C(=O)N[C@@H](CCSC)C(=O)O)c(-c2ccccc2C)c1. The van der Waals surface area contributed by atoms with E-state index in [4.69, 9.17) is 0 Å². The lowest BCUT2D eigenvalue weighted by Gasteiger charge is -2.23. The molecule has 1 amide bonds. The second-order valence-electron chi connectivity index (χ2n) is 10.00. The van der Waals surface area contributed by atoms with Gasteiger partial charge in [0.05, 0.1) is 0 Å². The number of halogens is 2. The van der Waals surface area contributed by atoms with Crippen molar-refractivity contribution in [2.75, 3.05) is 25.1 Å². The fourth-order valence-corrected chi connectivity index (χ4v) is 5.14. The summed E-state index contributed by atoms with van der Waals surface area (Å²) in [7, 11) is 0. The highest BCUT2D eigenvalue weighted by Gasteiger charge is 2.23.